The third-order valence-electron chi connectivity index (χ3n) is 4.64. The van der Waals surface area contributed by atoms with Crippen molar-refractivity contribution in [3.63, 3.8) is 0 Å². The molecule has 3 rings (SSSR count). The van der Waals surface area contributed by atoms with Crippen LogP contribution in [0, 0.1) is 12.8 Å². The quantitative estimate of drug-likeness (QED) is 0.891. The molecule has 1 saturated heterocycles. The number of rotatable bonds is 2. The highest BCUT2D eigenvalue weighted by Crippen LogP contribution is 2.29. The summed E-state index contributed by atoms with van der Waals surface area (Å²) < 4.78 is 2.02. The lowest BCUT2D eigenvalue weighted by molar-refractivity contribution is -0.137. The summed E-state index contributed by atoms with van der Waals surface area (Å²) in [6, 6.07) is 0.551. The van der Waals surface area contributed by atoms with Gasteiger partial charge in [0.25, 0.3) is 0 Å². The highest BCUT2D eigenvalue weighted by atomic mass is 35.5. The van der Waals surface area contributed by atoms with Crippen molar-refractivity contribution in [2.45, 2.75) is 51.1 Å². The van der Waals surface area contributed by atoms with E-state index >= 15 is 0 Å². The highest BCUT2D eigenvalue weighted by Gasteiger charge is 2.33. The van der Waals surface area contributed by atoms with Gasteiger partial charge >= 0.3 is 0 Å². The molecule has 1 aromatic heterocycles. The van der Waals surface area contributed by atoms with Gasteiger partial charge in [0.2, 0.25) is 5.91 Å². The van der Waals surface area contributed by atoms with Crippen molar-refractivity contribution in [2.75, 3.05) is 13.1 Å². The van der Waals surface area contributed by atoms with Crippen LogP contribution in [0.4, 0.5) is 0 Å². The Morgan fingerprint density at radius 3 is 2.68 bits per heavy atom. The summed E-state index contributed by atoms with van der Waals surface area (Å²) >= 11 is 0. The molecule has 2 heterocycles. The van der Waals surface area contributed by atoms with Gasteiger partial charge < -0.3 is 10.6 Å². The van der Waals surface area contributed by atoms with Crippen LogP contribution in [0.5, 0.6) is 0 Å². The van der Waals surface area contributed by atoms with Crippen molar-refractivity contribution in [1.82, 2.24) is 14.7 Å². The van der Waals surface area contributed by atoms with E-state index in [9.17, 15) is 4.79 Å². The second-order valence-electron chi connectivity index (χ2n) is 6.35. The number of amides is 1. The average molecular weight is 349 g/mol. The maximum Gasteiger partial charge on any atom is 0.225 e. The second kappa shape index (κ2) is 8.18. The Morgan fingerprint density at radius 1 is 1.32 bits per heavy atom. The molecule has 0 spiro atoms. The van der Waals surface area contributed by atoms with Crippen molar-refractivity contribution in [2.24, 2.45) is 11.7 Å². The molecule has 1 amide bonds. The summed E-state index contributed by atoms with van der Waals surface area (Å²) in [5.74, 6) is 0.467. The molecule has 1 aliphatic heterocycles. The number of halogens is 2. The molecule has 0 radical (unpaired) electrons. The van der Waals surface area contributed by atoms with Gasteiger partial charge in [-0.2, -0.15) is 5.10 Å². The number of nitrogens with two attached hydrogens (primary N) is 1. The predicted molar refractivity (Wildman–Crippen MR) is 91.6 cm³/mol. The minimum absolute atomic E-state index is 0. The second-order valence-corrected chi connectivity index (χ2v) is 6.35. The number of carbonyl (C=O) groups is 1. The van der Waals surface area contributed by atoms with Crippen LogP contribution in [0.3, 0.4) is 0 Å². The summed E-state index contributed by atoms with van der Waals surface area (Å²) in [6.45, 7) is 3.74. The number of hydrogen-bond donors (Lipinski definition) is 1. The first-order valence-electron chi connectivity index (χ1n) is 7.68. The maximum absolute atomic E-state index is 12.6. The number of carbonyl (C=O) groups excluding carboxylic acids is 1. The normalized spacial score (nSPS) is 27.9. The number of nitrogens with zero attached hydrogens (tertiary/aromatic N) is 3. The van der Waals surface area contributed by atoms with E-state index in [0.717, 1.165) is 45.2 Å². The van der Waals surface area contributed by atoms with Crippen molar-refractivity contribution >= 4 is 30.7 Å². The van der Waals surface area contributed by atoms with Crippen LogP contribution >= 0.6 is 24.8 Å². The summed E-state index contributed by atoms with van der Waals surface area (Å²) in [7, 11) is 0. The summed E-state index contributed by atoms with van der Waals surface area (Å²) in [5, 5.41) is 4.40. The largest absolute Gasteiger partial charge is 0.340 e. The van der Waals surface area contributed by atoms with Crippen LogP contribution in [0.2, 0.25) is 0 Å². The average Bonchev–Trinajstić information content (AvgIpc) is 3.07. The van der Waals surface area contributed by atoms with Gasteiger partial charge in [0.15, 0.2) is 0 Å². The fraction of sp³-hybridized carbons (Fsp3) is 0.733. The van der Waals surface area contributed by atoms with Crippen molar-refractivity contribution in [3.05, 3.63) is 18.0 Å². The van der Waals surface area contributed by atoms with Crippen LogP contribution in [0.25, 0.3) is 0 Å². The lowest BCUT2D eigenvalue weighted by Crippen LogP contribution is -2.43. The molecule has 0 bridgehead atoms. The number of hydrogen-bond acceptors (Lipinski definition) is 3. The van der Waals surface area contributed by atoms with Gasteiger partial charge in [0.05, 0.1) is 12.2 Å². The molecular formula is C15H26Cl2N4O. The molecule has 2 N–H and O–H groups in total. The summed E-state index contributed by atoms with van der Waals surface area (Å²) in [6.07, 6.45) is 8.94. The number of aromatic nitrogens is 2. The third kappa shape index (κ3) is 4.15. The standard InChI is InChI=1S/C15H24N4O.2ClH/c1-11-8-17-19(9-11)14-3-2-6-18(10-14)15(20)12-4-5-13(16)7-12;;/h8-9,12-14H,2-7,10,16H2,1H3;2*1H. The van der Waals surface area contributed by atoms with E-state index in [-0.39, 0.29) is 36.8 Å². The first kappa shape index (κ1) is 19.3. The molecule has 7 heteroatoms. The van der Waals surface area contributed by atoms with Crippen LogP contribution in [0.1, 0.15) is 43.7 Å². The zero-order valence-electron chi connectivity index (χ0n) is 13.0. The molecule has 3 unspecified atom stereocenters. The molecule has 1 aromatic rings. The fourth-order valence-electron chi connectivity index (χ4n) is 3.50. The SMILES string of the molecule is Cc1cnn(C2CCCN(C(=O)C3CCC(N)C3)C2)c1.Cl.Cl. The van der Waals surface area contributed by atoms with Gasteiger partial charge in [-0.1, -0.05) is 0 Å². The molecule has 3 atom stereocenters. The Morgan fingerprint density at radius 2 is 2.09 bits per heavy atom. The van der Waals surface area contributed by atoms with E-state index < -0.39 is 0 Å². The van der Waals surface area contributed by atoms with Gasteiger partial charge in [0.1, 0.15) is 0 Å². The first-order chi connectivity index (χ1) is 9.63. The molecule has 5 nitrogen and oxygen atoms in total. The summed E-state index contributed by atoms with van der Waals surface area (Å²) in [4.78, 5) is 14.6. The topological polar surface area (TPSA) is 64.2 Å². The van der Waals surface area contributed by atoms with Crippen molar-refractivity contribution < 1.29 is 4.79 Å². The summed E-state index contributed by atoms with van der Waals surface area (Å²) in [5.41, 5.74) is 7.10. The molecule has 1 saturated carbocycles. The maximum atomic E-state index is 12.6. The Hall–Kier alpha value is -0.780. The third-order valence-corrected chi connectivity index (χ3v) is 4.64. The zero-order valence-corrected chi connectivity index (χ0v) is 14.6. The highest BCUT2D eigenvalue weighted by molar-refractivity contribution is 5.85. The Kier molecular flexibility index (Phi) is 7.16. The van der Waals surface area contributed by atoms with Crippen LogP contribution in [-0.2, 0) is 4.79 Å². The molecule has 22 heavy (non-hydrogen) atoms. The van der Waals surface area contributed by atoms with Crippen LogP contribution in [-0.4, -0.2) is 39.7 Å². The zero-order chi connectivity index (χ0) is 14.1. The van der Waals surface area contributed by atoms with E-state index in [1.165, 1.54) is 5.56 Å². The molecule has 1 aliphatic carbocycles. The molecular weight excluding hydrogens is 323 g/mol. The Labute approximate surface area is 144 Å². The minimum Gasteiger partial charge on any atom is -0.340 e. The molecule has 2 fully saturated rings. The van der Waals surface area contributed by atoms with E-state index in [1.54, 1.807) is 0 Å². The van der Waals surface area contributed by atoms with Crippen molar-refractivity contribution in [1.29, 1.82) is 0 Å². The number of aryl methyl sites for hydroxylation is 1. The molecule has 126 valence electrons. The molecule has 2 aliphatic rings. The number of likely N-dealkylation sites (tertiary alicyclic amines) is 1. The van der Waals surface area contributed by atoms with Crippen LogP contribution in [0.15, 0.2) is 12.4 Å². The Balaban J connectivity index is 0.00000121. The smallest absolute Gasteiger partial charge is 0.225 e. The monoisotopic (exact) mass is 348 g/mol. The van der Waals surface area contributed by atoms with Crippen LogP contribution < -0.4 is 5.73 Å². The van der Waals surface area contributed by atoms with E-state index in [2.05, 4.69) is 18.2 Å². The lowest BCUT2D eigenvalue weighted by atomic mass is 10.0. The van der Waals surface area contributed by atoms with Gasteiger partial charge in [-0.05, 0) is 44.6 Å². The first-order valence-corrected chi connectivity index (χ1v) is 7.68. The van der Waals surface area contributed by atoms with Crippen molar-refractivity contribution in [3.8, 4) is 0 Å². The fourth-order valence-corrected chi connectivity index (χ4v) is 3.50. The van der Waals surface area contributed by atoms with E-state index in [1.807, 2.05) is 15.8 Å². The predicted octanol–water partition coefficient (Wildman–Crippen LogP) is 2.33. The minimum atomic E-state index is 0. The Bertz CT molecular complexity index is 494. The molecule has 0 aromatic carbocycles. The lowest BCUT2D eigenvalue weighted by Gasteiger charge is -2.34. The number of piperidine rings is 1. The van der Waals surface area contributed by atoms with E-state index in [4.69, 9.17) is 5.73 Å². The van der Waals surface area contributed by atoms with Gasteiger partial charge in [-0.25, -0.2) is 0 Å². The van der Waals surface area contributed by atoms with Gasteiger partial charge in [-0.15, -0.1) is 24.8 Å². The van der Waals surface area contributed by atoms with Gasteiger partial charge in [0, 0.05) is 31.2 Å². The van der Waals surface area contributed by atoms with E-state index in [0.29, 0.717) is 11.9 Å². The van der Waals surface area contributed by atoms with Gasteiger partial charge in [-0.3, -0.25) is 9.48 Å².